The average Bonchev–Trinajstić information content (AvgIpc) is 2.37. The van der Waals surface area contributed by atoms with Gasteiger partial charge in [-0.25, -0.2) is 4.79 Å². The van der Waals surface area contributed by atoms with Gasteiger partial charge in [0.05, 0.1) is 6.61 Å². The van der Waals surface area contributed by atoms with E-state index in [0.717, 1.165) is 11.5 Å². The molecule has 11 heavy (non-hydrogen) atoms. The molecule has 0 fully saturated rings. The largest absolute Gasteiger partial charge is 0.483 e. The summed E-state index contributed by atoms with van der Waals surface area (Å²) in [5.41, 5.74) is 0.0402. The van der Waals surface area contributed by atoms with Crippen LogP contribution in [0.3, 0.4) is 0 Å². The summed E-state index contributed by atoms with van der Waals surface area (Å²) in [5, 5.41) is 9.00. The molecule has 1 N–H and O–H groups in total. The molecule has 4 nitrogen and oxygen atoms in total. The van der Waals surface area contributed by atoms with Crippen molar-refractivity contribution in [1.29, 1.82) is 0 Å². The molecule has 0 unspecified atom stereocenters. The van der Waals surface area contributed by atoms with Crippen LogP contribution in [0.5, 0.6) is 5.06 Å². The summed E-state index contributed by atoms with van der Waals surface area (Å²) >= 11 is 1.05. The van der Waals surface area contributed by atoms with Crippen LogP contribution in [-0.2, 0) is 0 Å². The highest BCUT2D eigenvalue weighted by molar-refractivity contribution is 7.07. The Labute approximate surface area is 67.6 Å². The minimum atomic E-state index is -1.02. The van der Waals surface area contributed by atoms with E-state index in [1.54, 1.807) is 0 Å². The van der Waals surface area contributed by atoms with Gasteiger partial charge in [0.2, 0.25) is 0 Å². The molecule has 0 aliphatic rings. The first-order valence-electron chi connectivity index (χ1n) is 3.07. The molecule has 0 aliphatic carbocycles. The molecule has 0 spiro atoms. The highest BCUT2D eigenvalue weighted by Crippen LogP contribution is 2.18. The molecule has 60 valence electrons. The average molecular weight is 173 g/mol. The van der Waals surface area contributed by atoms with Crippen molar-refractivity contribution >= 4 is 17.5 Å². The summed E-state index contributed by atoms with van der Waals surface area (Å²) in [7, 11) is 0. The van der Waals surface area contributed by atoms with Crippen LogP contribution >= 0.6 is 11.5 Å². The number of rotatable bonds is 3. The third-order valence-corrected chi connectivity index (χ3v) is 1.70. The first-order chi connectivity index (χ1) is 5.24. The van der Waals surface area contributed by atoms with Crippen LogP contribution in [0.25, 0.3) is 0 Å². The second-order valence-electron chi connectivity index (χ2n) is 1.77. The molecule has 0 radical (unpaired) electrons. The number of aromatic nitrogens is 1. The first-order valence-corrected chi connectivity index (χ1v) is 3.84. The summed E-state index contributed by atoms with van der Waals surface area (Å²) in [4.78, 5) is 10.3. The minimum absolute atomic E-state index is 0.0402. The van der Waals surface area contributed by atoms with Gasteiger partial charge in [-0.2, -0.15) is 4.37 Å². The third kappa shape index (κ3) is 1.91. The van der Waals surface area contributed by atoms with Crippen LogP contribution in [0.4, 0.5) is 0 Å². The molecule has 5 heteroatoms. The molecule has 0 saturated heterocycles. The zero-order valence-corrected chi connectivity index (χ0v) is 6.72. The molecule has 1 rings (SSSR count). The Morgan fingerprint density at radius 1 is 1.91 bits per heavy atom. The lowest BCUT2D eigenvalue weighted by molar-refractivity contribution is 0.0691. The van der Waals surface area contributed by atoms with Crippen LogP contribution in [0, 0.1) is 0 Å². The van der Waals surface area contributed by atoms with Gasteiger partial charge in [-0.3, -0.25) is 0 Å². The monoisotopic (exact) mass is 173 g/mol. The maximum Gasteiger partial charge on any atom is 0.355 e. The first kappa shape index (κ1) is 8.00. The number of carbonyl (C=O) groups is 1. The van der Waals surface area contributed by atoms with E-state index in [4.69, 9.17) is 9.84 Å². The van der Waals surface area contributed by atoms with Crippen molar-refractivity contribution in [2.75, 3.05) is 6.61 Å². The molecule has 0 saturated carbocycles. The van der Waals surface area contributed by atoms with Gasteiger partial charge < -0.3 is 9.84 Å². The van der Waals surface area contributed by atoms with Gasteiger partial charge in [0.25, 0.3) is 0 Å². The van der Waals surface area contributed by atoms with Crippen molar-refractivity contribution < 1.29 is 14.6 Å². The topological polar surface area (TPSA) is 59.4 Å². The van der Waals surface area contributed by atoms with Crippen LogP contribution in [0.1, 0.15) is 17.4 Å². The number of carboxylic acids is 1. The fourth-order valence-corrected chi connectivity index (χ4v) is 1.22. The highest BCUT2D eigenvalue weighted by atomic mass is 32.1. The number of carboxylic acid groups (broad SMARTS) is 1. The summed E-state index contributed by atoms with van der Waals surface area (Å²) < 4.78 is 8.68. The maximum atomic E-state index is 10.3. The Morgan fingerprint density at radius 2 is 2.64 bits per heavy atom. The Kier molecular flexibility index (Phi) is 2.43. The number of hydrogen-bond donors (Lipinski definition) is 1. The number of ether oxygens (including phenoxy) is 1. The van der Waals surface area contributed by atoms with Gasteiger partial charge in [0, 0.05) is 17.6 Å². The van der Waals surface area contributed by atoms with Crippen LogP contribution in [0.2, 0.25) is 0 Å². The predicted octanol–water partition coefficient (Wildman–Crippen LogP) is 1.24. The normalized spacial score (nSPS) is 9.55. The van der Waals surface area contributed by atoms with E-state index in [0.29, 0.717) is 11.7 Å². The summed E-state index contributed by atoms with van der Waals surface area (Å²) in [5.74, 6) is -1.02. The van der Waals surface area contributed by atoms with Crippen LogP contribution in [-0.4, -0.2) is 22.1 Å². The van der Waals surface area contributed by atoms with Gasteiger partial charge >= 0.3 is 5.97 Å². The molecule has 0 amide bonds. The molecule has 0 bridgehead atoms. The minimum Gasteiger partial charge on any atom is -0.483 e. The Balaban J connectivity index is 2.73. The molecule has 0 aliphatic heterocycles. The Bertz CT molecular complexity index is 258. The third-order valence-electron chi connectivity index (χ3n) is 0.994. The standard InChI is InChI=1S/C6H7NO3S/c1-2-10-5-3-4(6(8)9)7-11-5/h3H,2H2,1H3,(H,8,9). The SMILES string of the molecule is CCOc1cc(C(=O)O)ns1. The lowest BCUT2D eigenvalue weighted by Gasteiger charge is -1.92. The Morgan fingerprint density at radius 3 is 3.09 bits per heavy atom. The second-order valence-corrected chi connectivity index (χ2v) is 2.54. The Hall–Kier alpha value is -1.10. The maximum absolute atomic E-state index is 10.3. The lowest BCUT2D eigenvalue weighted by atomic mass is 10.4. The van der Waals surface area contributed by atoms with Gasteiger partial charge in [0.15, 0.2) is 10.8 Å². The van der Waals surface area contributed by atoms with E-state index in [2.05, 4.69) is 4.37 Å². The molecule has 1 aromatic heterocycles. The fraction of sp³-hybridized carbons (Fsp3) is 0.333. The number of aromatic carboxylic acids is 1. The van der Waals surface area contributed by atoms with E-state index in [1.807, 2.05) is 6.92 Å². The van der Waals surface area contributed by atoms with E-state index < -0.39 is 5.97 Å². The molecule has 1 heterocycles. The van der Waals surface area contributed by atoms with Crippen molar-refractivity contribution in [2.45, 2.75) is 6.92 Å². The predicted molar refractivity (Wildman–Crippen MR) is 40.2 cm³/mol. The van der Waals surface area contributed by atoms with Gasteiger partial charge in [-0.1, -0.05) is 0 Å². The van der Waals surface area contributed by atoms with E-state index in [9.17, 15) is 4.79 Å². The van der Waals surface area contributed by atoms with E-state index in [1.165, 1.54) is 6.07 Å². The van der Waals surface area contributed by atoms with Crippen LogP contribution in [0.15, 0.2) is 6.07 Å². The quantitative estimate of drug-likeness (QED) is 0.747. The molecule has 1 aromatic rings. The van der Waals surface area contributed by atoms with Gasteiger partial charge in [-0.05, 0) is 6.92 Å². The lowest BCUT2D eigenvalue weighted by Crippen LogP contribution is -1.94. The molecular formula is C6H7NO3S. The molecular weight excluding hydrogens is 166 g/mol. The highest BCUT2D eigenvalue weighted by Gasteiger charge is 2.08. The zero-order valence-electron chi connectivity index (χ0n) is 5.90. The summed E-state index contributed by atoms with van der Waals surface area (Å²) in [6.45, 7) is 2.36. The number of nitrogens with zero attached hydrogens (tertiary/aromatic N) is 1. The van der Waals surface area contributed by atoms with Crippen molar-refractivity contribution in [3.63, 3.8) is 0 Å². The number of hydrogen-bond acceptors (Lipinski definition) is 4. The van der Waals surface area contributed by atoms with Gasteiger partial charge in [-0.15, -0.1) is 0 Å². The van der Waals surface area contributed by atoms with E-state index >= 15 is 0 Å². The van der Waals surface area contributed by atoms with E-state index in [-0.39, 0.29) is 5.69 Å². The fourth-order valence-electron chi connectivity index (χ4n) is 0.570. The van der Waals surface area contributed by atoms with Crippen molar-refractivity contribution in [1.82, 2.24) is 4.37 Å². The summed E-state index contributed by atoms with van der Waals surface area (Å²) in [6, 6.07) is 1.41. The molecule has 0 atom stereocenters. The van der Waals surface area contributed by atoms with Crippen LogP contribution < -0.4 is 4.74 Å². The molecule has 0 aromatic carbocycles. The van der Waals surface area contributed by atoms with Crippen molar-refractivity contribution in [3.05, 3.63) is 11.8 Å². The second kappa shape index (κ2) is 3.34. The smallest absolute Gasteiger partial charge is 0.355 e. The van der Waals surface area contributed by atoms with Gasteiger partial charge in [0.1, 0.15) is 0 Å². The van der Waals surface area contributed by atoms with Crippen molar-refractivity contribution in [3.8, 4) is 5.06 Å². The zero-order chi connectivity index (χ0) is 8.27. The van der Waals surface area contributed by atoms with Crippen molar-refractivity contribution in [2.24, 2.45) is 0 Å². The summed E-state index contributed by atoms with van der Waals surface area (Å²) in [6.07, 6.45) is 0.